The normalized spacial score (nSPS) is 14.2. The first-order valence-electron chi connectivity index (χ1n) is 5.62. The lowest BCUT2D eigenvalue weighted by Gasteiger charge is -2.21. The molecule has 94 valence electrons. The third-order valence-corrected chi connectivity index (χ3v) is 2.84. The number of carbonyl (C=O) groups excluding carboxylic acids is 1. The zero-order chi connectivity index (χ0) is 13.1. The van der Waals surface area contributed by atoms with E-state index in [0.29, 0.717) is 17.5 Å². The fraction of sp³-hybridized carbons (Fsp3) is 0.462. The van der Waals surface area contributed by atoms with E-state index in [1.165, 1.54) is 12.1 Å². The molecule has 1 atom stereocenters. The predicted molar refractivity (Wildman–Crippen MR) is 64.4 cm³/mol. The van der Waals surface area contributed by atoms with Crippen LogP contribution in [0.4, 0.5) is 4.39 Å². The molecule has 2 N–H and O–H groups in total. The molecule has 0 radical (unpaired) electrons. The second-order valence-electron chi connectivity index (χ2n) is 4.49. The van der Waals surface area contributed by atoms with E-state index in [9.17, 15) is 14.3 Å². The molecule has 0 heterocycles. The highest BCUT2D eigenvalue weighted by molar-refractivity contribution is 5.95. The molecule has 0 aliphatic carbocycles. The van der Waals surface area contributed by atoms with Crippen molar-refractivity contribution in [2.45, 2.75) is 32.8 Å². The molecule has 0 fully saturated rings. The van der Waals surface area contributed by atoms with Crippen molar-refractivity contribution in [3.8, 4) is 0 Å². The van der Waals surface area contributed by atoms with Gasteiger partial charge in [-0.1, -0.05) is 13.0 Å². The smallest absolute Gasteiger partial charge is 0.251 e. The second kappa shape index (κ2) is 5.27. The van der Waals surface area contributed by atoms with Gasteiger partial charge in [0.1, 0.15) is 5.82 Å². The fourth-order valence-electron chi connectivity index (χ4n) is 1.33. The maximum Gasteiger partial charge on any atom is 0.251 e. The molecule has 0 aliphatic rings. The first-order valence-corrected chi connectivity index (χ1v) is 5.62. The number of hydrogen-bond acceptors (Lipinski definition) is 2. The number of halogens is 1. The summed E-state index contributed by atoms with van der Waals surface area (Å²) in [6, 6.07) is 4.07. The molecule has 3 nitrogen and oxygen atoms in total. The van der Waals surface area contributed by atoms with Crippen LogP contribution in [0.1, 0.15) is 36.2 Å². The van der Waals surface area contributed by atoms with Crippen LogP contribution in [-0.4, -0.2) is 23.2 Å². The Kier molecular flexibility index (Phi) is 4.23. The van der Waals surface area contributed by atoms with Gasteiger partial charge in [-0.3, -0.25) is 4.79 Å². The Labute approximate surface area is 101 Å². The van der Waals surface area contributed by atoms with E-state index in [-0.39, 0.29) is 12.5 Å². The standard InChI is InChI=1S/C13H18FNO2/c1-4-13(3,17)8-15-12(16)11-7-10(14)6-5-9(11)2/h5-7,17H,4,8H2,1-3H3,(H,15,16). The number of carbonyl (C=O) groups is 1. The van der Waals surface area contributed by atoms with Gasteiger partial charge in [-0.25, -0.2) is 4.39 Å². The van der Waals surface area contributed by atoms with E-state index in [1.807, 2.05) is 6.92 Å². The van der Waals surface area contributed by atoms with Crippen molar-refractivity contribution in [2.24, 2.45) is 0 Å². The van der Waals surface area contributed by atoms with E-state index >= 15 is 0 Å². The van der Waals surface area contributed by atoms with Crippen molar-refractivity contribution < 1.29 is 14.3 Å². The van der Waals surface area contributed by atoms with Crippen molar-refractivity contribution in [1.82, 2.24) is 5.32 Å². The highest BCUT2D eigenvalue weighted by atomic mass is 19.1. The molecule has 17 heavy (non-hydrogen) atoms. The fourth-order valence-corrected chi connectivity index (χ4v) is 1.33. The summed E-state index contributed by atoms with van der Waals surface area (Å²) in [5.41, 5.74) is 0.0774. The van der Waals surface area contributed by atoms with E-state index in [1.54, 1.807) is 19.9 Å². The number of amides is 1. The van der Waals surface area contributed by atoms with Gasteiger partial charge < -0.3 is 10.4 Å². The SMILES string of the molecule is CCC(C)(O)CNC(=O)c1cc(F)ccc1C. The van der Waals surface area contributed by atoms with E-state index in [0.717, 1.165) is 0 Å². The molecule has 0 saturated carbocycles. The Bertz CT molecular complexity index is 416. The quantitative estimate of drug-likeness (QED) is 0.844. The van der Waals surface area contributed by atoms with Crippen molar-refractivity contribution in [3.63, 3.8) is 0 Å². The molecule has 0 aromatic heterocycles. The summed E-state index contributed by atoms with van der Waals surface area (Å²) >= 11 is 0. The Balaban J connectivity index is 2.74. The molecule has 1 unspecified atom stereocenters. The Hall–Kier alpha value is -1.42. The van der Waals surface area contributed by atoms with Crippen molar-refractivity contribution in [2.75, 3.05) is 6.54 Å². The topological polar surface area (TPSA) is 49.3 Å². The zero-order valence-electron chi connectivity index (χ0n) is 10.4. The number of aliphatic hydroxyl groups is 1. The minimum atomic E-state index is -0.934. The van der Waals surface area contributed by atoms with Crippen LogP contribution in [-0.2, 0) is 0 Å². The van der Waals surface area contributed by atoms with Gasteiger partial charge in [0, 0.05) is 12.1 Å². The average molecular weight is 239 g/mol. The van der Waals surface area contributed by atoms with Gasteiger partial charge in [-0.15, -0.1) is 0 Å². The van der Waals surface area contributed by atoms with Gasteiger partial charge in [0.05, 0.1) is 5.60 Å². The highest BCUT2D eigenvalue weighted by Gasteiger charge is 2.19. The number of rotatable bonds is 4. The summed E-state index contributed by atoms with van der Waals surface area (Å²) in [4.78, 5) is 11.8. The Morgan fingerprint density at radius 2 is 2.18 bits per heavy atom. The minimum Gasteiger partial charge on any atom is -0.388 e. The summed E-state index contributed by atoms with van der Waals surface area (Å²) in [5.74, 6) is -0.807. The van der Waals surface area contributed by atoms with Crippen LogP contribution in [0, 0.1) is 12.7 Å². The second-order valence-corrected chi connectivity index (χ2v) is 4.49. The van der Waals surface area contributed by atoms with Crippen LogP contribution >= 0.6 is 0 Å². The molecule has 0 aliphatic heterocycles. The molecule has 1 amide bonds. The first kappa shape index (κ1) is 13.6. The van der Waals surface area contributed by atoms with E-state index in [4.69, 9.17) is 0 Å². The largest absolute Gasteiger partial charge is 0.388 e. The van der Waals surface area contributed by atoms with Crippen LogP contribution in [0.15, 0.2) is 18.2 Å². The summed E-state index contributed by atoms with van der Waals surface area (Å²) in [7, 11) is 0. The highest BCUT2D eigenvalue weighted by Crippen LogP contribution is 2.11. The molecule has 4 heteroatoms. The summed E-state index contributed by atoms with van der Waals surface area (Å²) in [6.07, 6.45) is 0.537. The third-order valence-electron chi connectivity index (χ3n) is 2.84. The van der Waals surface area contributed by atoms with Gasteiger partial charge in [0.25, 0.3) is 5.91 Å². The lowest BCUT2D eigenvalue weighted by molar-refractivity contribution is 0.0518. The van der Waals surface area contributed by atoms with E-state index in [2.05, 4.69) is 5.32 Å². The molecule has 0 bridgehead atoms. The molecular formula is C13H18FNO2. The number of benzene rings is 1. The van der Waals surface area contributed by atoms with E-state index < -0.39 is 11.4 Å². The van der Waals surface area contributed by atoms with Crippen molar-refractivity contribution in [3.05, 3.63) is 35.1 Å². The number of aryl methyl sites for hydroxylation is 1. The Morgan fingerprint density at radius 3 is 2.76 bits per heavy atom. The van der Waals surface area contributed by atoms with Crippen LogP contribution in [0.3, 0.4) is 0 Å². The van der Waals surface area contributed by atoms with Gasteiger partial charge in [-0.2, -0.15) is 0 Å². The van der Waals surface area contributed by atoms with Crippen LogP contribution in [0.25, 0.3) is 0 Å². The van der Waals surface area contributed by atoms with Crippen LogP contribution in [0.2, 0.25) is 0 Å². The molecular weight excluding hydrogens is 221 g/mol. The number of hydrogen-bond donors (Lipinski definition) is 2. The maximum absolute atomic E-state index is 13.0. The zero-order valence-corrected chi connectivity index (χ0v) is 10.4. The van der Waals surface area contributed by atoms with Crippen LogP contribution < -0.4 is 5.32 Å². The van der Waals surface area contributed by atoms with Gasteiger partial charge in [-0.05, 0) is 38.0 Å². The molecule has 0 spiro atoms. The van der Waals surface area contributed by atoms with Crippen LogP contribution in [0.5, 0.6) is 0 Å². The monoisotopic (exact) mass is 239 g/mol. The number of nitrogens with one attached hydrogen (secondary N) is 1. The van der Waals surface area contributed by atoms with Gasteiger partial charge in [0.2, 0.25) is 0 Å². The lowest BCUT2D eigenvalue weighted by atomic mass is 10.0. The maximum atomic E-state index is 13.0. The molecule has 1 rings (SSSR count). The molecule has 1 aromatic rings. The minimum absolute atomic E-state index is 0.151. The lowest BCUT2D eigenvalue weighted by Crippen LogP contribution is -2.40. The van der Waals surface area contributed by atoms with Crippen molar-refractivity contribution in [1.29, 1.82) is 0 Å². The molecule has 0 saturated heterocycles. The average Bonchev–Trinajstić information content (AvgIpc) is 2.29. The predicted octanol–water partition coefficient (Wildman–Crippen LogP) is 2.02. The summed E-state index contributed by atoms with van der Waals surface area (Å²) in [5, 5.41) is 12.4. The summed E-state index contributed by atoms with van der Waals surface area (Å²) < 4.78 is 13.0. The van der Waals surface area contributed by atoms with Gasteiger partial charge >= 0.3 is 0 Å². The Morgan fingerprint density at radius 1 is 1.53 bits per heavy atom. The first-order chi connectivity index (χ1) is 7.85. The third kappa shape index (κ3) is 3.82. The summed E-state index contributed by atoms with van der Waals surface area (Å²) in [6.45, 7) is 5.37. The van der Waals surface area contributed by atoms with Crippen molar-refractivity contribution >= 4 is 5.91 Å². The van der Waals surface area contributed by atoms with Gasteiger partial charge in [0.15, 0.2) is 0 Å². The molecule has 1 aromatic carbocycles.